The van der Waals surface area contributed by atoms with E-state index in [0.29, 0.717) is 19.5 Å². The van der Waals surface area contributed by atoms with Gasteiger partial charge in [-0.15, -0.1) is 0 Å². The van der Waals surface area contributed by atoms with Gasteiger partial charge < -0.3 is 10.1 Å². The molecule has 0 saturated carbocycles. The summed E-state index contributed by atoms with van der Waals surface area (Å²) < 4.78 is 5.27. The van der Waals surface area contributed by atoms with E-state index in [4.69, 9.17) is 10.00 Å². The minimum absolute atomic E-state index is 0.0138. The van der Waals surface area contributed by atoms with E-state index in [1.54, 1.807) is 7.11 Å². The molecule has 1 heterocycles. The van der Waals surface area contributed by atoms with Crippen LogP contribution in [-0.4, -0.2) is 37.6 Å². The van der Waals surface area contributed by atoms with Crippen LogP contribution in [0, 0.1) is 11.3 Å². The first kappa shape index (κ1) is 15.3. The highest BCUT2D eigenvalue weighted by Crippen LogP contribution is 2.32. The zero-order valence-electron chi connectivity index (χ0n) is 12.3. The second kappa shape index (κ2) is 7.65. The van der Waals surface area contributed by atoms with Crippen LogP contribution in [0.25, 0.3) is 0 Å². The number of nitriles is 1. The molecule has 1 aromatic carbocycles. The third-order valence-electron chi connectivity index (χ3n) is 3.75. The Kier molecular flexibility index (Phi) is 5.59. The fourth-order valence-electron chi connectivity index (χ4n) is 2.74. The standard InChI is InChI=1S/C16H21N3O2/c1-21-14-6-2-5-13(11-14)15-7-3-10-19(15)12-16(20)18-9-4-8-17/h2,5-6,11,15H,3-4,7,9-10,12H2,1H3,(H,18,20)/t15-/m1/s1. The molecule has 21 heavy (non-hydrogen) atoms. The van der Waals surface area contributed by atoms with E-state index in [1.807, 2.05) is 24.3 Å². The van der Waals surface area contributed by atoms with Gasteiger partial charge in [-0.1, -0.05) is 12.1 Å². The number of benzene rings is 1. The first-order chi connectivity index (χ1) is 10.2. The van der Waals surface area contributed by atoms with Crippen molar-refractivity contribution in [3.8, 4) is 11.8 Å². The Balaban J connectivity index is 1.96. The molecule has 1 amide bonds. The number of hydrogen-bond donors (Lipinski definition) is 1. The van der Waals surface area contributed by atoms with Gasteiger partial charge in [0.05, 0.1) is 26.1 Å². The molecule has 1 atom stereocenters. The van der Waals surface area contributed by atoms with E-state index in [-0.39, 0.29) is 11.9 Å². The van der Waals surface area contributed by atoms with Gasteiger partial charge >= 0.3 is 0 Å². The lowest BCUT2D eigenvalue weighted by molar-refractivity contribution is -0.122. The Hall–Kier alpha value is -2.06. The molecular weight excluding hydrogens is 266 g/mol. The Labute approximate surface area is 125 Å². The highest BCUT2D eigenvalue weighted by Gasteiger charge is 2.27. The van der Waals surface area contributed by atoms with E-state index in [1.165, 1.54) is 5.56 Å². The minimum atomic E-state index is -0.0138. The summed E-state index contributed by atoms with van der Waals surface area (Å²) in [6.45, 7) is 1.73. The smallest absolute Gasteiger partial charge is 0.234 e. The molecule has 1 saturated heterocycles. The summed E-state index contributed by atoms with van der Waals surface area (Å²) in [6, 6.07) is 10.3. The number of amides is 1. The molecule has 112 valence electrons. The van der Waals surface area contributed by atoms with Gasteiger partial charge in [0.2, 0.25) is 5.91 Å². The van der Waals surface area contributed by atoms with Crippen LogP contribution in [-0.2, 0) is 4.79 Å². The summed E-state index contributed by atoms with van der Waals surface area (Å²) in [5.41, 5.74) is 1.19. The predicted molar refractivity (Wildman–Crippen MR) is 79.8 cm³/mol. The van der Waals surface area contributed by atoms with Gasteiger partial charge in [0.15, 0.2) is 0 Å². The van der Waals surface area contributed by atoms with E-state index < -0.39 is 0 Å². The molecule has 0 unspecified atom stereocenters. The van der Waals surface area contributed by atoms with E-state index in [2.05, 4.69) is 16.3 Å². The lowest BCUT2D eigenvalue weighted by Crippen LogP contribution is -2.37. The third kappa shape index (κ3) is 4.20. The van der Waals surface area contributed by atoms with Crippen molar-refractivity contribution >= 4 is 5.91 Å². The molecule has 0 aromatic heterocycles. The molecule has 5 nitrogen and oxygen atoms in total. The second-order valence-electron chi connectivity index (χ2n) is 5.16. The van der Waals surface area contributed by atoms with Gasteiger partial charge in [-0.05, 0) is 37.1 Å². The number of rotatable bonds is 6. The zero-order valence-corrected chi connectivity index (χ0v) is 12.3. The molecule has 1 N–H and O–H groups in total. The number of carbonyl (C=O) groups is 1. The van der Waals surface area contributed by atoms with Crippen LogP contribution in [0.4, 0.5) is 0 Å². The first-order valence-electron chi connectivity index (χ1n) is 7.26. The van der Waals surface area contributed by atoms with Gasteiger partial charge in [-0.25, -0.2) is 0 Å². The maximum Gasteiger partial charge on any atom is 0.234 e. The van der Waals surface area contributed by atoms with Crippen molar-refractivity contribution in [2.75, 3.05) is 26.7 Å². The van der Waals surface area contributed by atoms with Crippen LogP contribution < -0.4 is 10.1 Å². The van der Waals surface area contributed by atoms with Gasteiger partial charge in [0.1, 0.15) is 5.75 Å². The molecule has 1 aliphatic heterocycles. The third-order valence-corrected chi connectivity index (χ3v) is 3.75. The average Bonchev–Trinajstić information content (AvgIpc) is 2.95. The summed E-state index contributed by atoms with van der Waals surface area (Å²) >= 11 is 0. The fraction of sp³-hybridized carbons (Fsp3) is 0.500. The van der Waals surface area contributed by atoms with Crippen LogP contribution in [0.15, 0.2) is 24.3 Å². The van der Waals surface area contributed by atoms with Crippen molar-refractivity contribution in [2.24, 2.45) is 0 Å². The Morgan fingerprint density at radius 1 is 1.57 bits per heavy atom. The normalized spacial score (nSPS) is 18.2. The quantitative estimate of drug-likeness (QED) is 0.811. The van der Waals surface area contributed by atoms with Crippen LogP contribution in [0.3, 0.4) is 0 Å². The van der Waals surface area contributed by atoms with Crippen LogP contribution in [0.2, 0.25) is 0 Å². The number of carbonyl (C=O) groups excluding carboxylic acids is 1. The topological polar surface area (TPSA) is 65.4 Å². The summed E-state index contributed by atoms with van der Waals surface area (Å²) in [7, 11) is 1.66. The summed E-state index contributed by atoms with van der Waals surface area (Å²) in [6.07, 6.45) is 2.50. The summed E-state index contributed by atoms with van der Waals surface area (Å²) in [5, 5.41) is 11.3. The highest BCUT2D eigenvalue weighted by atomic mass is 16.5. The largest absolute Gasteiger partial charge is 0.497 e. The van der Waals surface area contributed by atoms with Gasteiger partial charge in [-0.2, -0.15) is 5.26 Å². The molecular formula is C16H21N3O2. The Morgan fingerprint density at radius 2 is 2.43 bits per heavy atom. The summed E-state index contributed by atoms with van der Waals surface area (Å²) in [5.74, 6) is 0.831. The van der Waals surface area contributed by atoms with Gasteiger partial charge in [0.25, 0.3) is 0 Å². The number of methoxy groups -OCH3 is 1. The molecule has 2 rings (SSSR count). The predicted octanol–water partition coefficient (Wildman–Crippen LogP) is 1.86. The lowest BCUT2D eigenvalue weighted by Gasteiger charge is -2.24. The minimum Gasteiger partial charge on any atom is -0.497 e. The van der Waals surface area contributed by atoms with E-state index in [0.717, 1.165) is 25.1 Å². The monoisotopic (exact) mass is 287 g/mol. The Bertz CT molecular complexity index is 524. The van der Waals surface area contributed by atoms with Gasteiger partial charge in [-0.3, -0.25) is 9.69 Å². The maximum atomic E-state index is 11.9. The molecule has 0 bridgehead atoms. The van der Waals surface area contributed by atoms with Crippen LogP contribution in [0.1, 0.15) is 30.9 Å². The molecule has 1 aromatic rings. The number of nitrogens with zero attached hydrogens (tertiary/aromatic N) is 2. The van der Waals surface area contributed by atoms with Crippen LogP contribution in [0.5, 0.6) is 5.75 Å². The number of nitrogens with one attached hydrogen (secondary N) is 1. The molecule has 1 fully saturated rings. The maximum absolute atomic E-state index is 11.9. The molecule has 1 aliphatic rings. The number of ether oxygens (including phenoxy) is 1. The zero-order chi connectivity index (χ0) is 15.1. The van der Waals surface area contributed by atoms with Crippen molar-refractivity contribution in [3.05, 3.63) is 29.8 Å². The van der Waals surface area contributed by atoms with Crippen molar-refractivity contribution in [3.63, 3.8) is 0 Å². The van der Waals surface area contributed by atoms with Crippen molar-refractivity contribution in [1.82, 2.24) is 10.2 Å². The molecule has 0 radical (unpaired) electrons. The lowest BCUT2D eigenvalue weighted by atomic mass is 10.0. The molecule has 5 heteroatoms. The number of hydrogen-bond acceptors (Lipinski definition) is 4. The van der Waals surface area contributed by atoms with E-state index >= 15 is 0 Å². The average molecular weight is 287 g/mol. The highest BCUT2D eigenvalue weighted by molar-refractivity contribution is 5.78. The van der Waals surface area contributed by atoms with Crippen LogP contribution >= 0.6 is 0 Å². The van der Waals surface area contributed by atoms with Crippen molar-refractivity contribution in [2.45, 2.75) is 25.3 Å². The first-order valence-corrected chi connectivity index (χ1v) is 7.26. The summed E-state index contributed by atoms with van der Waals surface area (Å²) in [4.78, 5) is 14.1. The van der Waals surface area contributed by atoms with E-state index in [9.17, 15) is 4.79 Å². The molecule has 0 aliphatic carbocycles. The number of likely N-dealkylation sites (tertiary alicyclic amines) is 1. The second-order valence-corrected chi connectivity index (χ2v) is 5.16. The fourth-order valence-corrected chi connectivity index (χ4v) is 2.74. The molecule has 0 spiro atoms. The Morgan fingerprint density at radius 3 is 3.19 bits per heavy atom. The van der Waals surface area contributed by atoms with Crippen molar-refractivity contribution in [1.29, 1.82) is 5.26 Å². The van der Waals surface area contributed by atoms with Crippen molar-refractivity contribution < 1.29 is 9.53 Å². The SMILES string of the molecule is COc1cccc([C@H]2CCCN2CC(=O)NCCC#N)c1. The van der Waals surface area contributed by atoms with Gasteiger partial charge in [0, 0.05) is 12.6 Å².